The van der Waals surface area contributed by atoms with Crippen molar-refractivity contribution in [3.63, 3.8) is 0 Å². The summed E-state index contributed by atoms with van der Waals surface area (Å²) in [6, 6.07) is 8.27. The van der Waals surface area contributed by atoms with Gasteiger partial charge in [-0.05, 0) is 37.8 Å². The third-order valence-electron chi connectivity index (χ3n) is 3.78. The quantitative estimate of drug-likeness (QED) is 0.888. The van der Waals surface area contributed by atoms with E-state index in [1.165, 1.54) is 17.8 Å². The number of benzene rings is 1. The van der Waals surface area contributed by atoms with Crippen LogP contribution in [-0.4, -0.2) is 11.0 Å². The lowest BCUT2D eigenvalue weighted by molar-refractivity contribution is 0.395. The smallest absolute Gasteiger partial charge is 0.0963 e. The zero-order valence-corrected chi connectivity index (χ0v) is 12.3. The molecule has 2 nitrogen and oxygen atoms in total. The maximum absolute atomic E-state index is 5.96. The van der Waals surface area contributed by atoms with E-state index in [-0.39, 0.29) is 0 Å². The molecule has 2 aromatic rings. The summed E-state index contributed by atoms with van der Waals surface area (Å²) < 4.78 is 0. The van der Waals surface area contributed by atoms with Gasteiger partial charge in [0, 0.05) is 27.9 Å². The average molecular weight is 293 g/mol. The van der Waals surface area contributed by atoms with Crippen LogP contribution in [0.5, 0.6) is 0 Å². The van der Waals surface area contributed by atoms with Crippen molar-refractivity contribution in [1.82, 2.24) is 4.98 Å². The summed E-state index contributed by atoms with van der Waals surface area (Å²) in [5.41, 5.74) is 8.16. The molecule has 100 valence electrons. The molecule has 1 saturated carbocycles. The van der Waals surface area contributed by atoms with Crippen LogP contribution in [0.3, 0.4) is 0 Å². The van der Waals surface area contributed by atoms with Crippen LogP contribution in [0, 0.1) is 0 Å². The summed E-state index contributed by atoms with van der Waals surface area (Å²) in [6.07, 6.45) is 4.60. The summed E-state index contributed by atoms with van der Waals surface area (Å²) in [5, 5.41) is 4.17. The van der Waals surface area contributed by atoms with Gasteiger partial charge in [-0.3, -0.25) is 0 Å². The minimum Gasteiger partial charge on any atom is -0.328 e. The van der Waals surface area contributed by atoms with Crippen LogP contribution in [0.2, 0.25) is 5.02 Å². The van der Waals surface area contributed by atoms with E-state index in [4.69, 9.17) is 22.3 Å². The highest BCUT2D eigenvalue weighted by molar-refractivity contribution is 7.10. The first-order valence-corrected chi connectivity index (χ1v) is 7.95. The molecule has 1 aliphatic carbocycles. The Labute approximate surface area is 122 Å². The normalized spacial score (nSPS) is 23.5. The number of nitrogens with zero attached hydrogens (tertiary/aromatic N) is 1. The Bertz CT molecular complexity index is 542. The zero-order chi connectivity index (χ0) is 13.2. The van der Waals surface area contributed by atoms with Gasteiger partial charge in [0.25, 0.3) is 0 Å². The van der Waals surface area contributed by atoms with Gasteiger partial charge in [-0.25, -0.2) is 4.98 Å². The first-order chi connectivity index (χ1) is 9.22. The number of rotatable bonds is 2. The van der Waals surface area contributed by atoms with E-state index in [1.54, 1.807) is 11.3 Å². The molecule has 1 fully saturated rings. The van der Waals surface area contributed by atoms with Gasteiger partial charge in [0.1, 0.15) is 0 Å². The van der Waals surface area contributed by atoms with E-state index < -0.39 is 0 Å². The van der Waals surface area contributed by atoms with E-state index in [0.717, 1.165) is 29.1 Å². The third kappa shape index (κ3) is 2.99. The van der Waals surface area contributed by atoms with E-state index in [1.807, 2.05) is 24.3 Å². The Morgan fingerprint density at radius 1 is 1.11 bits per heavy atom. The van der Waals surface area contributed by atoms with Gasteiger partial charge >= 0.3 is 0 Å². The molecule has 1 aromatic heterocycles. The van der Waals surface area contributed by atoms with Crippen LogP contribution < -0.4 is 5.73 Å². The molecule has 1 aromatic carbocycles. The predicted octanol–water partition coefficient (Wildman–Crippen LogP) is 4.45. The molecule has 3 rings (SSSR count). The van der Waals surface area contributed by atoms with Gasteiger partial charge in [0.2, 0.25) is 0 Å². The lowest BCUT2D eigenvalue weighted by Crippen LogP contribution is -2.25. The Morgan fingerprint density at radius 2 is 1.79 bits per heavy atom. The largest absolute Gasteiger partial charge is 0.328 e. The molecule has 1 heterocycles. The van der Waals surface area contributed by atoms with Crippen molar-refractivity contribution in [3.8, 4) is 11.3 Å². The maximum atomic E-state index is 5.96. The molecule has 4 heteroatoms. The summed E-state index contributed by atoms with van der Waals surface area (Å²) in [6.45, 7) is 0. The van der Waals surface area contributed by atoms with E-state index in [0.29, 0.717) is 12.0 Å². The highest BCUT2D eigenvalue weighted by Gasteiger charge is 2.22. The molecule has 0 radical (unpaired) electrons. The molecule has 0 spiro atoms. The summed E-state index contributed by atoms with van der Waals surface area (Å²) in [7, 11) is 0. The molecule has 0 unspecified atom stereocenters. The molecule has 0 bridgehead atoms. The first-order valence-electron chi connectivity index (χ1n) is 6.69. The molecule has 0 atom stereocenters. The zero-order valence-electron chi connectivity index (χ0n) is 10.7. The highest BCUT2D eigenvalue weighted by Crippen LogP contribution is 2.35. The molecule has 0 saturated heterocycles. The van der Waals surface area contributed by atoms with E-state index >= 15 is 0 Å². The first kappa shape index (κ1) is 13.1. The number of hydrogen-bond acceptors (Lipinski definition) is 3. The molecule has 2 N–H and O–H groups in total. The van der Waals surface area contributed by atoms with Gasteiger partial charge in [-0.2, -0.15) is 0 Å². The molecule has 0 amide bonds. The fourth-order valence-electron chi connectivity index (χ4n) is 2.59. The lowest BCUT2D eigenvalue weighted by atomic mass is 9.87. The second kappa shape index (κ2) is 5.61. The Hall–Kier alpha value is -0.900. The van der Waals surface area contributed by atoms with Crippen LogP contribution in [0.25, 0.3) is 11.3 Å². The number of thiazole rings is 1. The van der Waals surface area contributed by atoms with E-state index in [2.05, 4.69) is 5.38 Å². The third-order valence-corrected chi connectivity index (χ3v) is 5.04. The topological polar surface area (TPSA) is 38.9 Å². The Morgan fingerprint density at radius 3 is 2.47 bits per heavy atom. The Kier molecular flexibility index (Phi) is 3.87. The van der Waals surface area contributed by atoms with Gasteiger partial charge in [-0.1, -0.05) is 23.7 Å². The van der Waals surface area contributed by atoms with Gasteiger partial charge in [0.05, 0.1) is 10.7 Å². The second-order valence-corrected chi connectivity index (χ2v) is 6.52. The van der Waals surface area contributed by atoms with Crippen molar-refractivity contribution in [2.75, 3.05) is 0 Å². The maximum Gasteiger partial charge on any atom is 0.0963 e. The van der Waals surface area contributed by atoms with Crippen molar-refractivity contribution in [2.45, 2.75) is 37.6 Å². The second-order valence-electron chi connectivity index (χ2n) is 5.19. The SMILES string of the molecule is NC1CCC(c2nc(-c3ccc(Cl)cc3)cs2)CC1. The van der Waals surface area contributed by atoms with Crippen LogP contribution in [0.4, 0.5) is 0 Å². The minimum absolute atomic E-state index is 0.395. The molecule has 1 aliphatic rings. The highest BCUT2D eigenvalue weighted by atomic mass is 35.5. The number of halogens is 1. The van der Waals surface area contributed by atoms with Crippen LogP contribution in [0.1, 0.15) is 36.6 Å². The van der Waals surface area contributed by atoms with Gasteiger partial charge in [0.15, 0.2) is 0 Å². The van der Waals surface area contributed by atoms with Crippen molar-refractivity contribution in [3.05, 3.63) is 39.7 Å². The van der Waals surface area contributed by atoms with Crippen LogP contribution in [0.15, 0.2) is 29.6 Å². The van der Waals surface area contributed by atoms with Gasteiger partial charge in [-0.15, -0.1) is 11.3 Å². The fraction of sp³-hybridized carbons (Fsp3) is 0.400. The van der Waals surface area contributed by atoms with Crippen molar-refractivity contribution in [2.24, 2.45) is 5.73 Å². The standard InChI is InChI=1S/C15H17ClN2S/c16-12-5-1-10(2-6-12)14-9-19-15(18-14)11-3-7-13(17)8-4-11/h1-2,5-6,9,11,13H,3-4,7-8,17H2. The lowest BCUT2D eigenvalue weighted by Gasteiger charge is -2.24. The summed E-state index contributed by atoms with van der Waals surface area (Å²) in [5.74, 6) is 0.603. The summed E-state index contributed by atoms with van der Waals surface area (Å²) >= 11 is 7.68. The monoisotopic (exact) mass is 292 g/mol. The number of hydrogen-bond donors (Lipinski definition) is 1. The summed E-state index contributed by atoms with van der Waals surface area (Å²) in [4.78, 5) is 4.79. The minimum atomic E-state index is 0.395. The molecular weight excluding hydrogens is 276 g/mol. The van der Waals surface area contributed by atoms with Crippen LogP contribution in [-0.2, 0) is 0 Å². The number of nitrogens with two attached hydrogens (primary N) is 1. The van der Waals surface area contributed by atoms with Crippen molar-refractivity contribution < 1.29 is 0 Å². The van der Waals surface area contributed by atoms with Crippen LogP contribution >= 0.6 is 22.9 Å². The Balaban J connectivity index is 1.77. The van der Waals surface area contributed by atoms with Crippen molar-refractivity contribution in [1.29, 1.82) is 0 Å². The predicted molar refractivity (Wildman–Crippen MR) is 81.7 cm³/mol. The molecule has 0 aliphatic heterocycles. The molecular formula is C15H17ClN2S. The average Bonchev–Trinajstić information content (AvgIpc) is 2.90. The van der Waals surface area contributed by atoms with Crippen molar-refractivity contribution >= 4 is 22.9 Å². The number of aromatic nitrogens is 1. The molecule has 19 heavy (non-hydrogen) atoms. The van der Waals surface area contributed by atoms with Gasteiger partial charge < -0.3 is 5.73 Å². The fourth-order valence-corrected chi connectivity index (χ4v) is 3.72. The van der Waals surface area contributed by atoms with E-state index in [9.17, 15) is 0 Å².